The normalized spacial score (nSPS) is 15.8. The first-order valence-corrected chi connectivity index (χ1v) is 10.9. The van der Waals surface area contributed by atoms with Crippen LogP contribution in [0.2, 0.25) is 10.0 Å². The van der Waals surface area contributed by atoms with Crippen LogP contribution in [-0.2, 0) is 4.79 Å². The summed E-state index contributed by atoms with van der Waals surface area (Å²) in [5.41, 5.74) is 3.36. The summed E-state index contributed by atoms with van der Waals surface area (Å²) >= 11 is 12.0. The van der Waals surface area contributed by atoms with Crippen molar-refractivity contribution in [2.75, 3.05) is 4.90 Å². The molecule has 0 spiro atoms. The van der Waals surface area contributed by atoms with Crippen molar-refractivity contribution in [1.82, 2.24) is 5.32 Å². The predicted octanol–water partition coefficient (Wildman–Crippen LogP) is 5.34. The number of rotatable bonds is 4. The lowest BCUT2D eigenvalue weighted by Crippen LogP contribution is -2.49. The van der Waals surface area contributed by atoms with Gasteiger partial charge in [0.15, 0.2) is 0 Å². The van der Waals surface area contributed by atoms with Crippen molar-refractivity contribution in [3.05, 3.63) is 99.5 Å². The third kappa shape index (κ3) is 4.27. The first-order chi connectivity index (χ1) is 15.4. The number of aliphatic imine (C=N–C) groups is 1. The topological polar surface area (TPSA) is 61.8 Å². The summed E-state index contributed by atoms with van der Waals surface area (Å²) in [4.78, 5) is 33.0. The number of amides is 2. The van der Waals surface area contributed by atoms with E-state index in [2.05, 4.69) is 5.32 Å². The Morgan fingerprint density at radius 1 is 0.969 bits per heavy atom. The molecule has 0 saturated heterocycles. The molecule has 0 aromatic heterocycles. The lowest BCUT2D eigenvalue weighted by Gasteiger charge is -2.29. The number of anilines is 1. The predicted molar refractivity (Wildman–Crippen MR) is 129 cm³/mol. The van der Waals surface area contributed by atoms with Gasteiger partial charge in [0.25, 0.3) is 11.8 Å². The quantitative estimate of drug-likeness (QED) is 0.564. The van der Waals surface area contributed by atoms with Gasteiger partial charge in [0.1, 0.15) is 0 Å². The van der Waals surface area contributed by atoms with Crippen LogP contribution >= 0.6 is 23.2 Å². The van der Waals surface area contributed by atoms with E-state index < -0.39 is 12.1 Å². The van der Waals surface area contributed by atoms with Crippen LogP contribution in [-0.4, -0.2) is 29.7 Å². The molecule has 1 aliphatic heterocycles. The van der Waals surface area contributed by atoms with Gasteiger partial charge in [-0.25, -0.2) is 4.99 Å². The number of carbonyl (C=O) groups is 2. The molecule has 1 aliphatic rings. The molecule has 4 rings (SSSR count). The number of hydrogen-bond acceptors (Lipinski definition) is 3. The third-order valence-corrected chi connectivity index (χ3v) is 5.90. The van der Waals surface area contributed by atoms with E-state index in [9.17, 15) is 9.59 Å². The van der Waals surface area contributed by atoms with E-state index in [1.807, 2.05) is 68.4 Å². The highest BCUT2D eigenvalue weighted by Gasteiger charge is 2.34. The Bertz CT molecular complexity index is 1210. The average molecular weight is 466 g/mol. The molecule has 5 nitrogen and oxygen atoms in total. The Hall–Kier alpha value is -3.15. The van der Waals surface area contributed by atoms with Gasteiger partial charge in [-0.15, -0.1) is 0 Å². The Labute approximate surface area is 196 Å². The number of para-hydroxylation sites is 1. The zero-order valence-electron chi connectivity index (χ0n) is 17.5. The molecular formula is C25H21Cl2N3O2. The van der Waals surface area contributed by atoms with Crippen molar-refractivity contribution in [3.8, 4) is 0 Å². The first kappa shape index (κ1) is 22.1. The minimum atomic E-state index is -1.11. The number of carbonyl (C=O) groups excluding carboxylic acids is 2. The SMILES string of the molecule is CC(C)N1C(=O)[C@@H](NC(=O)c2ccc(Cl)c(Cl)c2)N=C(c2ccccc2)c2ccccc21. The van der Waals surface area contributed by atoms with E-state index in [0.29, 0.717) is 16.3 Å². The second-order valence-corrected chi connectivity index (χ2v) is 8.48. The molecular weight excluding hydrogens is 445 g/mol. The minimum absolute atomic E-state index is 0.140. The third-order valence-electron chi connectivity index (χ3n) is 5.16. The van der Waals surface area contributed by atoms with Gasteiger partial charge < -0.3 is 10.2 Å². The Kier molecular flexibility index (Phi) is 6.31. The van der Waals surface area contributed by atoms with Gasteiger partial charge in [0, 0.05) is 22.7 Å². The highest BCUT2D eigenvalue weighted by molar-refractivity contribution is 6.42. The lowest BCUT2D eigenvalue weighted by molar-refractivity contribution is -0.120. The first-order valence-electron chi connectivity index (χ1n) is 10.2. The van der Waals surface area contributed by atoms with Gasteiger partial charge in [-0.3, -0.25) is 9.59 Å². The number of nitrogens with zero attached hydrogens (tertiary/aromatic N) is 2. The van der Waals surface area contributed by atoms with Crippen LogP contribution in [0.25, 0.3) is 0 Å². The molecule has 32 heavy (non-hydrogen) atoms. The van der Waals surface area contributed by atoms with Crippen LogP contribution in [0, 0.1) is 0 Å². The zero-order chi connectivity index (χ0) is 22.8. The van der Waals surface area contributed by atoms with E-state index in [1.165, 1.54) is 6.07 Å². The van der Waals surface area contributed by atoms with Crippen LogP contribution in [0.1, 0.15) is 35.3 Å². The molecule has 0 saturated carbocycles. The summed E-state index contributed by atoms with van der Waals surface area (Å²) in [6.45, 7) is 3.86. The van der Waals surface area contributed by atoms with Gasteiger partial charge in [-0.05, 0) is 38.1 Å². The maximum atomic E-state index is 13.6. The molecule has 1 N–H and O–H groups in total. The van der Waals surface area contributed by atoms with E-state index >= 15 is 0 Å². The van der Waals surface area contributed by atoms with Gasteiger partial charge >= 0.3 is 0 Å². The summed E-state index contributed by atoms with van der Waals surface area (Å²) < 4.78 is 0. The van der Waals surface area contributed by atoms with Crippen LogP contribution in [0.3, 0.4) is 0 Å². The van der Waals surface area contributed by atoms with E-state index in [4.69, 9.17) is 28.2 Å². The molecule has 0 fully saturated rings. The fourth-order valence-corrected chi connectivity index (χ4v) is 3.98. The highest BCUT2D eigenvalue weighted by Crippen LogP contribution is 2.30. The number of nitrogens with one attached hydrogen (secondary N) is 1. The van der Waals surface area contributed by atoms with Gasteiger partial charge in [0.2, 0.25) is 6.17 Å². The molecule has 0 aliphatic carbocycles. The smallest absolute Gasteiger partial charge is 0.272 e. The average Bonchev–Trinajstić information content (AvgIpc) is 2.90. The molecule has 1 atom stereocenters. The van der Waals surface area contributed by atoms with Crippen molar-refractivity contribution < 1.29 is 9.59 Å². The number of halogens is 2. The van der Waals surface area contributed by atoms with Crippen LogP contribution in [0.5, 0.6) is 0 Å². The van der Waals surface area contributed by atoms with Crippen molar-refractivity contribution >= 4 is 46.4 Å². The largest absolute Gasteiger partial charge is 0.322 e. The van der Waals surface area contributed by atoms with E-state index in [1.54, 1.807) is 17.0 Å². The molecule has 3 aromatic rings. The number of fused-ring (bicyclic) bond motifs is 1. The Morgan fingerprint density at radius 2 is 1.66 bits per heavy atom. The van der Waals surface area contributed by atoms with Crippen LogP contribution < -0.4 is 10.2 Å². The lowest BCUT2D eigenvalue weighted by atomic mass is 10.00. The van der Waals surface area contributed by atoms with Crippen molar-refractivity contribution in [3.63, 3.8) is 0 Å². The monoisotopic (exact) mass is 465 g/mol. The van der Waals surface area contributed by atoms with Crippen molar-refractivity contribution in [2.24, 2.45) is 4.99 Å². The Morgan fingerprint density at radius 3 is 2.34 bits per heavy atom. The maximum Gasteiger partial charge on any atom is 0.272 e. The highest BCUT2D eigenvalue weighted by atomic mass is 35.5. The summed E-state index contributed by atoms with van der Waals surface area (Å²) in [6.07, 6.45) is -1.11. The second-order valence-electron chi connectivity index (χ2n) is 7.67. The molecule has 2 amide bonds. The van der Waals surface area contributed by atoms with Crippen molar-refractivity contribution in [1.29, 1.82) is 0 Å². The minimum Gasteiger partial charge on any atom is -0.322 e. The van der Waals surface area contributed by atoms with Crippen molar-refractivity contribution in [2.45, 2.75) is 26.1 Å². The Balaban J connectivity index is 1.81. The molecule has 0 bridgehead atoms. The van der Waals surface area contributed by atoms with E-state index in [0.717, 1.165) is 16.8 Å². The van der Waals surface area contributed by atoms with Gasteiger partial charge in [-0.2, -0.15) is 0 Å². The summed E-state index contributed by atoms with van der Waals surface area (Å²) in [7, 11) is 0. The molecule has 0 radical (unpaired) electrons. The van der Waals surface area contributed by atoms with Gasteiger partial charge in [-0.1, -0.05) is 71.7 Å². The number of benzodiazepines with no additional fused rings is 1. The molecule has 0 unspecified atom stereocenters. The molecule has 1 heterocycles. The fourth-order valence-electron chi connectivity index (χ4n) is 3.69. The molecule has 3 aromatic carbocycles. The standard InChI is InChI=1S/C25H21Cl2N3O2/c1-15(2)30-21-11-7-6-10-18(21)22(16-8-4-3-5-9-16)28-23(25(30)32)29-24(31)17-12-13-19(26)20(27)14-17/h3-15,23H,1-2H3,(H,29,31)/t23-/m1/s1. The van der Waals surface area contributed by atoms with E-state index in [-0.39, 0.29) is 17.0 Å². The summed E-state index contributed by atoms with van der Waals surface area (Å²) in [5.74, 6) is -0.778. The van der Waals surface area contributed by atoms with Gasteiger partial charge in [0.05, 0.1) is 21.4 Å². The molecule has 162 valence electrons. The summed E-state index contributed by atoms with van der Waals surface area (Å²) in [6, 6.07) is 21.7. The van der Waals surface area contributed by atoms with Crippen LogP contribution in [0.4, 0.5) is 5.69 Å². The fraction of sp³-hybridized carbons (Fsp3) is 0.160. The van der Waals surface area contributed by atoms with Crippen LogP contribution in [0.15, 0.2) is 77.8 Å². The second kappa shape index (κ2) is 9.15. The number of hydrogen-bond donors (Lipinski definition) is 1. The maximum absolute atomic E-state index is 13.6. The summed E-state index contributed by atoms with van der Waals surface area (Å²) in [5, 5.41) is 3.38. The number of benzene rings is 3. The zero-order valence-corrected chi connectivity index (χ0v) is 19.1. The molecule has 7 heteroatoms.